The molecule has 2 amide bonds. The molecule has 1 saturated heterocycles. The van der Waals surface area contributed by atoms with Gasteiger partial charge in [-0.2, -0.15) is 12.6 Å². The van der Waals surface area contributed by atoms with Crippen LogP contribution >= 0.6 is 12.6 Å². The molecular formula is C22H24N2O6S. The first-order valence-electron chi connectivity index (χ1n) is 9.83. The van der Waals surface area contributed by atoms with Gasteiger partial charge in [0.25, 0.3) is 0 Å². The number of nitrogens with one attached hydrogen (secondary N) is 1. The minimum atomic E-state index is -1.11. The SMILES string of the molecule is O=C(NCC(=O)N1C(c2cccc(O)c2)CC[C@H]1C(=O)O)[C@@H](S)Cc1ccc(O)cc1. The lowest BCUT2D eigenvalue weighted by Gasteiger charge is -2.29. The number of rotatable bonds is 7. The lowest BCUT2D eigenvalue weighted by atomic mass is 10.0. The van der Waals surface area contributed by atoms with Gasteiger partial charge in [0.2, 0.25) is 11.8 Å². The molecule has 4 N–H and O–H groups in total. The summed E-state index contributed by atoms with van der Waals surface area (Å²) in [5, 5.41) is 30.4. The summed E-state index contributed by atoms with van der Waals surface area (Å²) in [5.74, 6) is -1.93. The summed E-state index contributed by atoms with van der Waals surface area (Å²) >= 11 is 4.29. The predicted octanol–water partition coefficient (Wildman–Crippen LogP) is 1.87. The van der Waals surface area contributed by atoms with Gasteiger partial charge in [-0.25, -0.2) is 4.79 Å². The van der Waals surface area contributed by atoms with Crippen LogP contribution < -0.4 is 5.32 Å². The van der Waals surface area contributed by atoms with E-state index in [1.165, 1.54) is 29.2 Å². The van der Waals surface area contributed by atoms with Crippen molar-refractivity contribution >= 4 is 30.4 Å². The maximum atomic E-state index is 12.9. The number of carbonyl (C=O) groups is 3. The first-order chi connectivity index (χ1) is 14.8. The minimum Gasteiger partial charge on any atom is -0.508 e. The van der Waals surface area contributed by atoms with Crippen LogP contribution in [0.2, 0.25) is 0 Å². The van der Waals surface area contributed by atoms with Crippen molar-refractivity contribution in [3.8, 4) is 11.5 Å². The van der Waals surface area contributed by atoms with E-state index in [1.54, 1.807) is 24.3 Å². The third-order valence-corrected chi connectivity index (χ3v) is 5.71. The Morgan fingerprint density at radius 1 is 1.06 bits per heavy atom. The number of hydrogen-bond donors (Lipinski definition) is 5. The van der Waals surface area contributed by atoms with E-state index in [0.717, 1.165) is 5.56 Å². The third kappa shape index (κ3) is 5.49. The summed E-state index contributed by atoms with van der Waals surface area (Å²) in [6, 6.07) is 11.3. The first-order valence-corrected chi connectivity index (χ1v) is 10.3. The van der Waals surface area contributed by atoms with Gasteiger partial charge in [0, 0.05) is 0 Å². The summed E-state index contributed by atoms with van der Waals surface area (Å²) < 4.78 is 0. The Morgan fingerprint density at radius 2 is 1.77 bits per heavy atom. The van der Waals surface area contributed by atoms with Crippen molar-refractivity contribution in [3.63, 3.8) is 0 Å². The van der Waals surface area contributed by atoms with Crippen molar-refractivity contribution in [3.05, 3.63) is 59.7 Å². The molecule has 9 heteroatoms. The molecule has 0 spiro atoms. The van der Waals surface area contributed by atoms with Crippen molar-refractivity contribution in [2.45, 2.75) is 36.6 Å². The molecule has 1 heterocycles. The zero-order chi connectivity index (χ0) is 22.5. The monoisotopic (exact) mass is 444 g/mol. The van der Waals surface area contributed by atoms with Gasteiger partial charge >= 0.3 is 5.97 Å². The van der Waals surface area contributed by atoms with Crippen molar-refractivity contribution in [2.24, 2.45) is 0 Å². The molecule has 0 radical (unpaired) electrons. The Kier molecular flexibility index (Phi) is 7.06. The topological polar surface area (TPSA) is 127 Å². The minimum absolute atomic E-state index is 0.0316. The van der Waals surface area contributed by atoms with Crippen LogP contribution in [0.15, 0.2) is 48.5 Å². The van der Waals surface area contributed by atoms with Crippen LogP contribution in [0.4, 0.5) is 0 Å². The molecule has 2 aromatic rings. The van der Waals surface area contributed by atoms with Crippen molar-refractivity contribution < 1.29 is 29.7 Å². The zero-order valence-corrected chi connectivity index (χ0v) is 17.5. The van der Waals surface area contributed by atoms with Crippen LogP contribution in [-0.4, -0.2) is 55.8 Å². The van der Waals surface area contributed by atoms with E-state index in [4.69, 9.17) is 0 Å². The summed E-state index contributed by atoms with van der Waals surface area (Å²) in [7, 11) is 0. The van der Waals surface area contributed by atoms with Gasteiger partial charge < -0.3 is 25.5 Å². The average Bonchev–Trinajstić information content (AvgIpc) is 3.19. The highest BCUT2D eigenvalue weighted by atomic mass is 32.1. The van der Waals surface area contributed by atoms with Crippen LogP contribution in [0.5, 0.6) is 11.5 Å². The summed E-state index contributed by atoms with van der Waals surface area (Å²) in [4.78, 5) is 38.2. The van der Waals surface area contributed by atoms with E-state index < -0.39 is 35.1 Å². The predicted molar refractivity (Wildman–Crippen MR) is 116 cm³/mol. The van der Waals surface area contributed by atoms with Gasteiger partial charge in [0.15, 0.2) is 0 Å². The van der Waals surface area contributed by atoms with E-state index in [-0.39, 0.29) is 24.5 Å². The number of likely N-dealkylation sites (tertiary alicyclic amines) is 1. The molecule has 0 aliphatic carbocycles. The van der Waals surface area contributed by atoms with Crippen molar-refractivity contribution in [2.75, 3.05) is 6.54 Å². The fraction of sp³-hybridized carbons (Fsp3) is 0.318. The lowest BCUT2D eigenvalue weighted by molar-refractivity contribution is -0.149. The quantitative estimate of drug-likeness (QED) is 0.415. The smallest absolute Gasteiger partial charge is 0.326 e. The number of benzene rings is 2. The average molecular weight is 445 g/mol. The molecule has 0 saturated carbocycles. The number of aliphatic carboxylic acids is 1. The number of hydrogen-bond acceptors (Lipinski definition) is 6. The molecule has 2 aromatic carbocycles. The highest BCUT2D eigenvalue weighted by Gasteiger charge is 2.41. The maximum Gasteiger partial charge on any atom is 0.326 e. The highest BCUT2D eigenvalue weighted by Crippen LogP contribution is 2.37. The zero-order valence-electron chi connectivity index (χ0n) is 16.6. The van der Waals surface area contributed by atoms with Gasteiger partial charge in [-0.05, 0) is 54.7 Å². The number of nitrogens with zero attached hydrogens (tertiary/aromatic N) is 1. The number of carboxylic acid groups (broad SMARTS) is 1. The Balaban J connectivity index is 1.65. The maximum absolute atomic E-state index is 12.9. The van der Waals surface area contributed by atoms with Gasteiger partial charge in [0.1, 0.15) is 17.5 Å². The molecule has 1 unspecified atom stereocenters. The van der Waals surface area contributed by atoms with Crippen LogP contribution in [-0.2, 0) is 20.8 Å². The fourth-order valence-corrected chi connectivity index (χ4v) is 4.08. The van der Waals surface area contributed by atoms with E-state index >= 15 is 0 Å². The molecule has 0 bridgehead atoms. The number of aromatic hydroxyl groups is 2. The van der Waals surface area contributed by atoms with Crippen LogP contribution in [0, 0.1) is 0 Å². The Morgan fingerprint density at radius 3 is 2.42 bits per heavy atom. The fourth-order valence-electron chi connectivity index (χ4n) is 3.78. The van der Waals surface area contributed by atoms with E-state index in [0.29, 0.717) is 18.4 Å². The standard InChI is InChI=1S/C22H24N2O6S/c25-15-6-4-13(5-7-15)10-19(31)21(28)23-12-20(27)24-17(8-9-18(24)22(29)30)14-2-1-3-16(26)11-14/h1-7,11,17-19,25-26,31H,8-10,12H2,(H,23,28)(H,29,30)/t17?,18-,19-/m0/s1. The first kappa shape index (κ1) is 22.5. The highest BCUT2D eigenvalue weighted by molar-refractivity contribution is 7.81. The molecular weight excluding hydrogens is 420 g/mol. The van der Waals surface area contributed by atoms with Crippen molar-refractivity contribution in [1.82, 2.24) is 10.2 Å². The second-order valence-corrected chi connectivity index (χ2v) is 8.07. The second-order valence-electron chi connectivity index (χ2n) is 7.45. The molecule has 3 rings (SSSR count). The molecule has 1 aliphatic rings. The van der Waals surface area contributed by atoms with Crippen molar-refractivity contribution in [1.29, 1.82) is 0 Å². The van der Waals surface area contributed by atoms with Gasteiger partial charge in [0.05, 0.1) is 17.8 Å². The van der Waals surface area contributed by atoms with E-state index in [9.17, 15) is 29.7 Å². The molecule has 164 valence electrons. The Hall–Kier alpha value is -3.20. The molecule has 0 aromatic heterocycles. The third-order valence-electron chi connectivity index (χ3n) is 5.30. The molecule has 8 nitrogen and oxygen atoms in total. The largest absolute Gasteiger partial charge is 0.508 e. The van der Waals surface area contributed by atoms with Crippen LogP contribution in [0.3, 0.4) is 0 Å². The number of amides is 2. The normalized spacial score (nSPS) is 19.1. The summed E-state index contributed by atoms with van der Waals surface area (Å²) in [5.41, 5.74) is 1.44. The van der Waals surface area contributed by atoms with Gasteiger partial charge in [-0.1, -0.05) is 24.3 Å². The van der Waals surface area contributed by atoms with Gasteiger partial charge in [-0.3, -0.25) is 9.59 Å². The number of carboxylic acids is 1. The second kappa shape index (κ2) is 9.74. The molecule has 1 fully saturated rings. The summed E-state index contributed by atoms with van der Waals surface area (Å²) in [6.07, 6.45) is 1.03. The number of carbonyl (C=O) groups excluding carboxylic acids is 2. The summed E-state index contributed by atoms with van der Waals surface area (Å²) in [6.45, 7) is -0.357. The van der Waals surface area contributed by atoms with Crippen LogP contribution in [0.1, 0.15) is 30.0 Å². The number of thiol groups is 1. The van der Waals surface area contributed by atoms with E-state index in [2.05, 4.69) is 17.9 Å². The molecule has 31 heavy (non-hydrogen) atoms. The van der Waals surface area contributed by atoms with Gasteiger partial charge in [-0.15, -0.1) is 0 Å². The van der Waals surface area contributed by atoms with Crippen LogP contribution in [0.25, 0.3) is 0 Å². The lowest BCUT2D eigenvalue weighted by Crippen LogP contribution is -2.47. The molecule has 1 aliphatic heterocycles. The Labute approximate surface area is 184 Å². The number of phenols is 2. The Bertz CT molecular complexity index is 965. The number of phenolic OH excluding ortho intramolecular Hbond substituents is 2. The van der Waals surface area contributed by atoms with E-state index in [1.807, 2.05) is 0 Å². The molecule has 3 atom stereocenters.